The third-order valence-electron chi connectivity index (χ3n) is 10.2. The van der Waals surface area contributed by atoms with Gasteiger partial charge in [0.05, 0.1) is 16.9 Å². The van der Waals surface area contributed by atoms with Gasteiger partial charge in [-0.1, -0.05) is 78.8 Å². The maximum Gasteiger partial charge on any atom is 0.319 e. The number of aliphatic hydroxyl groups excluding tert-OH is 2. The number of aromatic nitrogens is 5. The van der Waals surface area contributed by atoms with Crippen LogP contribution in [0.4, 0.5) is 22.2 Å². The number of carbonyl (C=O) groups is 1. The topological polar surface area (TPSA) is 236 Å². The SMILES string of the molecule is CCc1cc(C2OC(n3cnc4c(NCC(c5ccccc5)c5ccccc5)nc(N5CCC(NC(=O)Nc6cccc(S(N)(=O)=O)c6)C5)nc43)C(O)C2O)on1. The van der Waals surface area contributed by atoms with Crippen molar-refractivity contribution >= 4 is 44.7 Å². The zero-order valence-corrected chi connectivity index (χ0v) is 31.7. The normalized spacial score (nSPS) is 21.0. The van der Waals surface area contributed by atoms with Crippen LogP contribution in [0.25, 0.3) is 11.2 Å². The Bertz CT molecular complexity index is 2430. The van der Waals surface area contributed by atoms with Crippen molar-refractivity contribution in [2.75, 3.05) is 35.2 Å². The molecule has 0 spiro atoms. The average molecular weight is 795 g/mol. The number of hydrogen-bond donors (Lipinski definition) is 6. The number of urea groups is 1. The molecule has 2 aliphatic rings. The molecule has 0 aliphatic carbocycles. The van der Waals surface area contributed by atoms with Gasteiger partial charge in [-0.3, -0.25) is 4.57 Å². The quantitative estimate of drug-likeness (QED) is 0.104. The van der Waals surface area contributed by atoms with Gasteiger partial charge in [0.1, 0.15) is 18.3 Å². The maximum absolute atomic E-state index is 13.0. The Labute approximate surface area is 327 Å². The van der Waals surface area contributed by atoms with Crippen molar-refractivity contribution in [3.05, 3.63) is 120 Å². The van der Waals surface area contributed by atoms with E-state index >= 15 is 0 Å². The number of carbonyl (C=O) groups excluding carboxylic acids is 1. The van der Waals surface area contributed by atoms with Gasteiger partial charge in [0, 0.05) is 43.3 Å². The Morgan fingerprint density at radius 3 is 2.40 bits per heavy atom. The van der Waals surface area contributed by atoms with Gasteiger partial charge >= 0.3 is 6.03 Å². The lowest BCUT2D eigenvalue weighted by atomic mass is 9.91. The zero-order chi connectivity index (χ0) is 39.7. The van der Waals surface area contributed by atoms with Crippen LogP contribution in [-0.2, 0) is 21.2 Å². The Hall–Kier alpha value is -5.92. The van der Waals surface area contributed by atoms with E-state index in [1.807, 2.05) is 48.2 Å². The Morgan fingerprint density at radius 2 is 1.72 bits per heavy atom. The molecule has 0 radical (unpaired) electrons. The molecule has 2 fully saturated rings. The number of amides is 2. The minimum absolute atomic E-state index is 0.0432. The number of sulfonamides is 1. The summed E-state index contributed by atoms with van der Waals surface area (Å²) in [5.41, 5.74) is 3.96. The van der Waals surface area contributed by atoms with Gasteiger partial charge in [-0.25, -0.2) is 23.3 Å². The van der Waals surface area contributed by atoms with Crippen molar-refractivity contribution < 1.29 is 32.7 Å². The highest BCUT2D eigenvalue weighted by molar-refractivity contribution is 7.89. The van der Waals surface area contributed by atoms with Crippen molar-refractivity contribution in [2.24, 2.45) is 5.14 Å². The third-order valence-corrected chi connectivity index (χ3v) is 11.2. The van der Waals surface area contributed by atoms with Crippen LogP contribution in [-0.4, -0.2) is 87.2 Å². The number of fused-ring (bicyclic) bond motifs is 1. The van der Waals surface area contributed by atoms with Gasteiger partial charge < -0.3 is 40.3 Å². The monoisotopic (exact) mass is 794 g/mol. The lowest BCUT2D eigenvalue weighted by molar-refractivity contribution is -0.0434. The number of hydrogen-bond acceptors (Lipinski definition) is 13. The van der Waals surface area contributed by atoms with E-state index in [4.69, 9.17) is 24.4 Å². The van der Waals surface area contributed by atoms with Crippen LogP contribution in [0.1, 0.15) is 54.2 Å². The van der Waals surface area contributed by atoms with Crippen molar-refractivity contribution in [1.82, 2.24) is 30.0 Å². The van der Waals surface area contributed by atoms with E-state index in [1.54, 1.807) is 16.7 Å². The molecule has 17 nitrogen and oxygen atoms in total. The van der Waals surface area contributed by atoms with Crippen LogP contribution in [0, 0.1) is 0 Å². The second-order valence-corrected chi connectivity index (χ2v) is 15.6. The number of nitrogens with two attached hydrogens (primary N) is 1. The number of aliphatic hydroxyl groups is 2. The minimum Gasteiger partial charge on any atom is -0.387 e. The first kappa shape index (κ1) is 38.0. The number of aryl methyl sites for hydroxylation is 1. The summed E-state index contributed by atoms with van der Waals surface area (Å²) < 4.78 is 36.9. The van der Waals surface area contributed by atoms with Crippen LogP contribution >= 0.6 is 0 Å². The lowest BCUT2D eigenvalue weighted by Gasteiger charge is -2.22. The molecular formula is C39H42N10O7S. The van der Waals surface area contributed by atoms with Crippen LogP contribution in [0.3, 0.4) is 0 Å². The van der Waals surface area contributed by atoms with Crippen molar-refractivity contribution in [2.45, 2.75) is 61.2 Å². The van der Waals surface area contributed by atoms with Gasteiger partial charge in [-0.15, -0.1) is 0 Å². The van der Waals surface area contributed by atoms with E-state index < -0.39 is 40.6 Å². The van der Waals surface area contributed by atoms with Gasteiger partial charge in [0.15, 0.2) is 29.0 Å². The molecular weight excluding hydrogens is 753 g/mol. The highest BCUT2D eigenvalue weighted by atomic mass is 32.2. The number of ether oxygens (including phenoxy) is 1. The molecule has 18 heteroatoms. The number of rotatable bonds is 12. The van der Waals surface area contributed by atoms with Gasteiger partial charge in [-0.2, -0.15) is 9.97 Å². The smallest absolute Gasteiger partial charge is 0.319 e. The number of primary sulfonamides is 1. The number of anilines is 3. The molecule has 8 rings (SSSR count). The second-order valence-electron chi connectivity index (χ2n) is 14.1. The Balaban J connectivity index is 1.08. The molecule has 0 bridgehead atoms. The summed E-state index contributed by atoms with van der Waals surface area (Å²) in [6.45, 7) is 3.24. The predicted molar refractivity (Wildman–Crippen MR) is 210 cm³/mol. The van der Waals surface area contributed by atoms with E-state index in [0.717, 1.165) is 11.1 Å². The predicted octanol–water partition coefficient (Wildman–Crippen LogP) is 3.66. The van der Waals surface area contributed by atoms with Crippen LogP contribution < -0.4 is 26.0 Å². The fourth-order valence-corrected chi connectivity index (χ4v) is 7.83. The van der Waals surface area contributed by atoms with Crippen molar-refractivity contribution in [3.63, 3.8) is 0 Å². The summed E-state index contributed by atoms with van der Waals surface area (Å²) in [6.07, 6.45) is -2.04. The molecule has 3 aromatic heterocycles. The summed E-state index contributed by atoms with van der Waals surface area (Å²) in [7, 11) is -3.95. The Morgan fingerprint density at radius 1 is 0.982 bits per heavy atom. The number of nitrogens with one attached hydrogen (secondary N) is 3. The molecule has 3 aromatic carbocycles. The first-order valence-corrected chi connectivity index (χ1v) is 20.1. The summed E-state index contributed by atoms with van der Waals surface area (Å²) >= 11 is 0. The molecule has 2 saturated heterocycles. The fourth-order valence-electron chi connectivity index (χ4n) is 7.27. The van der Waals surface area contributed by atoms with E-state index in [-0.39, 0.29) is 22.5 Å². The molecule has 0 saturated carbocycles. The summed E-state index contributed by atoms with van der Waals surface area (Å²) in [5.74, 6) is 1.05. The van der Waals surface area contributed by atoms with E-state index in [1.165, 1.54) is 24.5 Å². The standard InChI is InChI=1S/C39H42N10O7S/c1-2-25-19-30(56-47-25)34-32(50)33(51)37(55-34)49-22-42-31-35(41-20-29(23-10-5-3-6-11-23)24-12-7-4-8-13-24)45-38(46-36(31)49)48-17-16-27(21-48)44-39(52)43-26-14-9-15-28(18-26)57(40,53)54/h3-15,18-19,22,27,29,32-34,37,50-51H,2,16-17,20-21H2,1H3,(H2,40,53,54)(H,41,45,46)(H2,43,44,52). The van der Waals surface area contributed by atoms with E-state index in [9.17, 15) is 23.4 Å². The molecule has 57 heavy (non-hydrogen) atoms. The van der Waals surface area contributed by atoms with Gasteiger partial charge in [0.25, 0.3) is 0 Å². The van der Waals surface area contributed by atoms with E-state index in [0.29, 0.717) is 66.9 Å². The molecule has 2 aliphatic heterocycles. The molecule has 5 atom stereocenters. The number of benzene rings is 3. The average Bonchev–Trinajstić information content (AvgIpc) is 4.03. The van der Waals surface area contributed by atoms with Gasteiger partial charge in [0.2, 0.25) is 16.0 Å². The third kappa shape index (κ3) is 8.03. The molecule has 5 heterocycles. The summed E-state index contributed by atoms with van der Waals surface area (Å²) in [6, 6.07) is 26.9. The molecule has 7 N–H and O–H groups in total. The van der Waals surface area contributed by atoms with E-state index in [2.05, 4.69) is 50.4 Å². The number of imidazole rings is 1. The largest absolute Gasteiger partial charge is 0.387 e. The highest BCUT2D eigenvalue weighted by Gasteiger charge is 2.47. The van der Waals surface area contributed by atoms with Crippen LogP contribution in [0.15, 0.2) is 107 Å². The maximum atomic E-state index is 13.0. The molecule has 296 valence electrons. The molecule has 2 amide bonds. The molecule has 6 aromatic rings. The summed E-state index contributed by atoms with van der Waals surface area (Å²) in [5, 5.41) is 40.8. The number of nitrogens with zero attached hydrogens (tertiary/aromatic N) is 6. The van der Waals surface area contributed by atoms with Gasteiger partial charge in [-0.05, 0) is 42.2 Å². The van der Waals surface area contributed by atoms with Crippen LogP contribution in [0.5, 0.6) is 0 Å². The lowest BCUT2D eigenvalue weighted by Crippen LogP contribution is -2.40. The first-order valence-electron chi connectivity index (χ1n) is 18.6. The molecule has 5 unspecified atom stereocenters. The van der Waals surface area contributed by atoms with Crippen molar-refractivity contribution in [3.8, 4) is 0 Å². The summed E-state index contributed by atoms with van der Waals surface area (Å²) in [4.78, 5) is 29.4. The first-order chi connectivity index (χ1) is 27.6. The highest BCUT2D eigenvalue weighted by Crippen LogP contribution is 2.41. The minimum atomic E-state index is -3.95. The Kier molecular flexibility index (Phi) is 10.6. The zero-order valence-electron chi connectivity index (χ0n) is 30.8. The van der Waals surface area contributed by atoms with Crippen LogP contribution in [0.2, 0.25) is 0 Å². The second kappa shape index (κ2) is 15.9. The van der Waals surface area contributed by atoms with Crippen molar-refractivity contribution in [1.29, 1.82) is 0 Å². The fraction of sp³-hybridized carbons (Fsp3) is 0.308.